The van der Waals surface area contributed by atoms with Crippen LogP contribution in [0.5, 0.6) is 0 Å². The van der Waals surface area contributed by atoms with Gasteiger partial charge in [-0.2, -0.15) is 0 Å². The molecule has 1 aromatic rings. The molecule has 6 rings (SSSR count). The Morgan fingerprint density at radius 3 is 2.90 bits per heavy atom. The second-order valence-electron chi connectivity index (χ2n) is 10.3. The van der Waals surface area contributed by atoms with Gasteiger partial charge < -0.3 is 9.32 Å². The summed E-state index contributed by atoms with van der Waals surface area (Å²) < 4.78 is 6.70. The van der Waals surface area contributed by atoms with Gasteiger partial charge in [0, 0.05) is 24.4 Å². The number of allylic oxidation sites excluding steroid dienone is 3. The second kappa shape index (κ2) is 9.11. The van der Waals surface area contributed by atoms with Crippen LogP contribution in [-0.2, 0) is 6.42 Å². The molecule has 5 heterocycles. The van der Waals surface area contributed by atoms with Gasteiger partial charge in [0.15, 0.2) is 0 Å². The van der Waals surface area contributed by atoms with E-state index in [2.05, 4.69) is 53.3 Å². The average Bonchev–Trinajstić information content (AvgIpc) is 3.37. The summed E-state index contributed by atoms with van der Waals surface area (Å²) in [6, 6.07) is 3.35. The molecule has 5 aliphatic rings. The van der Waals surface area contributed by atoms with Crippen molar-refractivity contribution >= 4 is 0 Å². The Morgan fingerprint density at radius 1 is 1.13 bits per heavy atom. The third-order valence-corrected chi connectivity index (χ3v) is 8.47. The number of hydrogen-bond acceptors (Lipinski definition) is 3. The topological polar surface area (TPSA) is 19.6 Å². The molecule has 1 spiro atoms. The molecule has 4 aliphatic heterocycles. The molecule has 0 N–H and O–H groups in total. The molecule has 0 amide bonds. The van der Waals surface area contributed by atoms with Crippen molar-refractivity contribution in [1.82, 2.24) is 9.80 Å². The van der Waals surface area contributed by atoms with Crippen molar-refractivity contribution < 1.29 is 4.42 Å². The van der Waals surface area contributed by atoms with Crippen LogP contribution in [0.25, 0.3) is 0 Å². The summed E-state index contributed by atoms with van der Waals surface area (Å²) >= 11 is 0. The minimum absolute atomic E-state index is 0.306. The van der Waals surface area contributed by atoms with Gasteiger partial charge in [-0.25, -0.2) is 0 Å². The molecule has 1 aromatic heterocycles. The normalized spacial score (nSPS) is 35.1. The highest BCUT2D eigenvalue weighted by atomic mass is 16.3. The van der Waals surface area contributed by atoms with Gasteiger partial charge in [-0.1, -0.05) is 24.3 Å². The molecular formula is C28H40N2O. The lowest BCUT2D eigenvalue weighted by Crippen LogP contribution is -2.47. The number of piperidine rings is 1. The first-order valence-electron chi connectivity index (χ1n) is 12.8. The summed E-state index contributed by atoms with van der Waals surface area (Å²) in [7, 11) is 0. The third-order valence-electron chi connectivity index (χ3n) is 8.47. The van der Waals surface area contributed by atoms with Crippen LogP contribution in [0.4, 0.5) is 0 Å². The number of furan rings is 1. The van der Waals surface area contributed by atoms with E-state index in [1.807, 2.05) is 0 Å². The zero-order chi connectivity index (χ0) is 21.3. The zero-order valence-electron chi connectivity index (χ0n) is 19.2. The summed E-state index contributed by atoms with van der Waals surface area (Å²) in [5.41, 5.74) is 1.86. The van der Waals surface area contributed by atoms with E-state index in [9.17, 15) is 0 Å². The Labute approximate surface area is 188 Å². The molecule has 6 bridgehead atoms. The van der Waals surface area contributed by atoms with Crippen molar-refractivity contribution in [3.8, 4) is 0 Å². The van der Waals surface area contributed by atoms with E-state index in [1.165, 1.54) is 76.1 Å². The largest absolute Gasteiger partial charge is 0.464 e. The molecular weight excluding hydrogens is 380 g/mol. The summed E-state index contributed by atoms with van der Waals surface area (Å²) in [6.07, 6.45) is 21.1. The maximum atomic E-state index is 6.70. The van der Waals surface area contributed by atoms with Crippen LogP contribution in [-0.4, -0.2) is 42.0 Å². The van der Waals surface area contributed by atoms with Crippen molar-refractivity contribution in [2.45, 2.75) is 82.2 Å². The summed E-state index contributed by atoms with van der Waals surface area (Å²) in [5.74, 6) is 3.17. The van der Waals surface area contributed by atoms with Gasteiger partial charge in [0.2, 0.25) is 0 Å². The molecule has 2 fully saturated rings. The highest BCUT2D eigenvalue weighted by Crippen LogP contribution is 2.66. The van der Waals surface area contributed by atoms with Gasteiger partial charge in [0.05, 0.1) is 6.04 Å². The molecule has 0 aromatic carbocycles. The molecule has 168 valence electrons. The van der Waals surface area contributed by atoms with Crippen LogP contribution in [0.1, 0.15) is 86.8 Å². The molecule has 3 heteroatoms. The molecule has 0 saturated carbocycles. The predicted octanol–water partition coefficient (Wildman–Crippen LogP) is 6.40. The van der Waals surface area contributed by atoms with E-state index in [1.54, 1.807) is 5.56 Å². The number of nitrogens with zero attached hydrogens (tertiary/aromatic N) is 2. The van der Waals surface area contributed by atoms with E-state index in [0.717, 1.165) is 25.8 Å². The van der Waals surface area contributed by atoms with Gasteiger partial charge in [-0.05, 0) is 95.0 Å². The number of fused-ring (bicyclic) bond motifs is 7. The molecule has 0 radical (unpaired) electrons. The van der Waals surface area contributed by atoms with Crippen LogP contribution < -0.4 is 0 Å². The van der Waals surface area contributed by atoms with Crippen LogP contribution in [0.3, 0.4) is 0 Å². The SMILES string of the molecule is C=CCCCCN1[C@H]2c3oc4cc3[C@@H]3CCN(CCCCC=CCC4)C[C@]23C[C@@H]1C=C. The molecule has 5 atom stereocenters. The maximum absolute atomic E-state index is 6.70. The van der Waals surface area contributed by atoms with E-state index >= 15 is 0 Å². The molecule has 2 saturated heterocycles. The first-order chi connectivity index (χ1) is 15.3. The van der Waals surface area contributed by atoms with Gasteiger partial charge in [-0.15, -0.1) is 13.2 Å². The monoisotopic (exact) mass is 420 g/mol. The van der Waals surface area contributed by atoms with Crippen molar-refractivity contribution in [3.05, 3.63) is 60.6 Å². The predicted molar refractivity (Wildman–Crippen MR) is 128 cm³/mol. The minimum Gasteiger partial charge on any atom is -0.464 e. The highest BCUT2D eigenvalue weighted by Gasteiger charge is 2.64. The zero-order valence-corrected chi connectivity index (χ0v) is 19.2. The van der Waals surface area contributed by atoms with Crippen LogP contribution in [0.2, 0.25) is 0 Å². The lowest BCUT2D eigenvalue weighted by atomic mass is 9.68. The van der Waals surface area contributed by atoms with Crippen LogP contribution >= 0.6 is 0 Å². The second-order valence-corrected chi connectivity index (χ2v) is 10.3. The van der Waals surface area contributed by atoms with Crippen molar-refractivity contribution in [1.29, 1.82) is 0 Å². The average molecular weight is 421 g/mol. The molecule has 1 unspecified atom stereocenters. The van der Waals surface area contributed by atoms with E-state index in [4.69, 9.17) is 4.42 Å². The minimum atomic E-state index is 0.306. The van der Waals surface area contributed by atoms with Crippen molar-refractivity contribution in [3.63, 3.8) is 0 Å². The molecule has 31 heavy (non-hydrogen) atoms. The van der Waals surface area contributed by atoms with Gasteiger partial charge in [-0.3, -0.25) is 4.90 Å². The standard InChI is InChI=1S/C28H40N2O/c1-3-5-6-13-17-30-22(4-2)20-28-21-29-16-12-10-8-7-9-11-14-23-19-24(25(28)15-18-29)26(31-23)27(28)30/h3-4,7,9,19,22,25,27H,1-2,5-6,8,10-18,20-21H2/t22-,25-,27-,28-/m0/s1. The fraction of sp³-hybridized carbons (Fsp3) is 0.643. The Bertz CT molecular complexity index is 823. The molecule has 3 nitrogen and oxygen atoms in total. The first-order valence-corrected chi connectivity index (χ1v) is 12.8. The lowest BCUT2D eigenvalue weighted by Gasteiger charge is -2.45. The van der Waals surface area contributed by atoms with Crippen LogP contribution in [0.15, 0.2) is 47.9 Å². The Balaban J connectivity index is 1.50. The number of unbranched alkanes of at least 4 members (excludes halogenated alkanes) is 2. The summed E-state index contributed by atoms with van der Waals surface area (Å²) in [6.45, 7) is 13.0. The van der Waals surface area contributed by atoms with Gasteiger partial charge >= 0.3 is 0 Å². The number of rotatable bonds is 6. The Morgan fingerprint density at radius 2 is 2.03 bits per heavy atom. The third kappa shape index (κ3) is 3.78. The number of aryl methyl sites for hydroxylation is 1. The maximum Gasteiger partial charge on any atom is 0.125 e. The van der Waals surface area contributed by atoms with Gasteiger partial charge in [0.1, 0.15) is 11.5 Å². The first kappa shape index (κ1) is 21.3. The highest BCUT2D eigenvalue weighted by molar-refractivity contribution is 5.42. The number of likely N-dealkylation sites (tertiary alicyclic amines) is 1. The number of hydrogen-bond donors (Lipinski definition) is 0. The van der Waals surface area contributed by atoms with Gasteiger partial charge in [0.25, 0.3) is 0 Å². The van der Waals surface area contributed by atoms with Crippen LogP contribution in [0, 0.1) is 5.41 Å². The van der Waals surface area contributed by atoms with E-state index in [-0.39, 0.29) is 0 Å². The Hall–Kier alpha value is -1.58. The summed E-state index contributed by atoms with van der Waals surface area (Å²) in [4.78, 5) is 5.55. The van der Waals surface area contributed by atoms with E-state index < -0.39 is 0 Å². The van der Waals surface area contributed by atoms with Crippen molar-refractivity contribution in [2.24, 2.45) is 5.41 Å². The van der Waals surface area contributed by atoms with E-state index in [0.29, 0.717) is 23.4 Å². The smallest absolute Gasteiger partial charge is 0.125 e. The quantitative estimate of drug-likeness (QED) is 0.392. The fourth-order valence-corrected chi connectivity index (χ4v) is 7.14. The fourth-order valence-electron chi connectivity index (χ4n) is 7.14. The molecule has 1 aliphatic carbocycles. The lowest BCUT2D eigenvalue weighted by molar-refractivity contribution is 0.0365. The van der Waals surface area contributed by atoms with Crippen molar-refractivity contribution in [2.75, 3.05) is 26.2 Å². The summed E-state index contributed by atoms with van der Waals surface area (Å²) in [5, 5.41) is 0. The Kier molecular flexibility index (Phi) is 6.25.